The third-order valence-electron chi connectivity index (χ3n) is 2.86. The van der Waals surface area contributed by atoms with Gasteiger partial charge in [-0.15, -0.1) is 0 Å². The van der Waals surface area contributed by atoms with E-state index in [2.05, 4.69) is 10.6 Å². The summed E-state index contributed by atoms with van der Waals surface area (Å²) in [6.45, 7) is 3.64. The molecular weight excluding hydrogens is 295 g/mol. The molecule has 2 aromatic rings. The number of aryl methyl sites for hydroxylation is 2. The zero-order chi connectivity index (χ0) is 14.7. The highest BCUT2D eigenvalue weighted by Crippen LogP contribution is 2.20. The van der Waals surface area contributed by atoms with Crippen molar-refractivity contribution < 1.29 is 4.39 Å². The monoisotopic (exact) mass is 308 g/mol. The molecule has 0 fully saturated rings. The molecule has 0 radical (unpaired) electrons. The Kier molecular flexibility index (Phi) is 4.57. The number of hydrogen-bond donors (Lipinski definition) is 2. The first-order valence-electron chi connectivity index (χ1n) is 6.06. The van der Waals surface area contributed by atoms with Crippen LogP contribution in [-0.2, 0) is 0 Å². The van der Waals surface area contributed by atoms with Crippen LogP contribution in [0, 0.1) is 19.7 Å². The zero-order valence-corrected chi connectivity index (χ0v) is 12.7. The number of benzene rings is 2. The fraction of sp³-hybridized carbons (Fsp3) is 0.133. The highest BCUT2D eigenvalue weighted by molar-refractivity contribution is 7.80. The summed E-state index contributed by atoms with van der Waals surface area (Å²) in [7, 11) is 0. The molecule has 0 saturated heterocycles. The molecule has 0 amide bonds. The van der Waals surface area contributed by atoms with Crippen molar-refractivity contribution in [2.24, 2.45) is 0 Å². The van der Waals surface area contributed by atoms with Gasteiger partial charge in [0, 0.05) is 16.4 Å². The first kappa shape index (κ1) is 14.8. The SMILES string of the molecule is Cc1ccc(NC(=S)Nc2ccc(C)c(Cl)c2)cc1F. The molecule has 0 bridgehead atoms. The molecule has 104 valence electrons. The first-order chi connectivity index (χ1) is 9.45. The Balaban J connectivity index is 2.04. The molecule has 2 N–H and O–H groups in total. The maximum absolute atomic E-state index is 13.4. The molecule has 0 saturated carbocycles. The predicted molar refractivity (Wildman–Crippen MR) is 87.2 cm³/mol. The number of thiocarbonyl (C=S) groups is 1. The van der Waals surface area contributed by atoms with Crippen molar-refractivity contribution in [3.63, 3.8) is 0 Å². The van der Waals surface area contributed by atoms with Crippen molar-refractivity contribution >= 4 is 40.3 Å². The molecule has 0 unspecified atom stereocenters. The molecule has 0 aliphatic carbocycles. The van der Waals surface area contributed by atoms with Crippen LogP contribution in [0.3, 0.4) is 0 Å². The Morgan fingerprint density at radius 2 is 1.55 bits per heavy atom. The smallest absolute Gasteiger partial charge is 0.175 e. The van der Waals surface area contributed by atoms with Gasteiger partial charge in [-0.25, -0.2) is 4.39 Å². The number of nitrogens with one attached hydrogen (secondary N) is 2. The maximum Gasteiger partial charge on any atom is 0.175 e. The number of anilines is 2. The van der Waals surface area contributed by atoms with Crippen molar-refractivity contribution in [1.82, 2.24) is 0 Å². The van der Waals surface area contributed by atoms with E-state index < -0.39 is 0 Å². The Hall–Kier alpha value is -1.65. The van der Waals surface area contributed by atoms with Gasteiger partial charge in [0.15, 0.2) is 5.11 Å². The average Bonchev–Trinajstić information content (AvgIpc) is 2.38. The van der Waals surface area contributed by atoms with Crippen molar-refractivity contribution in [2.45, 2.75) is 13.8 Å². The minimum absolute atomic E-state index is 0.267. The molecule has 0 atom stereocenters. The third-order valence-corrected chi connectivity index (χ3v) is 3.47. The van der Waals surface area contributed by atoms with Gasteiger partial charge in [0.1, 0.15) is 5.82 Å². The molecule has 0 heterocycles. The van der Waals surface area contributed by atoms with Gasteiger partial charge in [-0.05, 0) is 61.5 Å². The van der Waals surface area contributed by atoms with Crippen molar-refractivity contribution in [3.8, 4) is 0 Å². The van der Waals surface area contributed by atoms with Gasteiger partial charge in [0.2, 0.25) is 0 Å². The van der Waals surface area contributed by atoms with Crippen LogP contribution in [0.1, 0.15) is 11.1 Å². The minimum atomic E-state index is -0.267. The highest BCUT2D eigenvalue weighted by atomic mass is 35.5. The lowest BCUT2D eigenvalue weighted by atomic mass is 10.2. The molecule has 2 rings (SSSR count). The quantitative estimate of drug-likeness (QED) is 0.771. The van der Waals surface area contributed by atoms with Crippen LogP contribution in [0.4, 0.5) is 15.8 Å². The second-order valence-electron chi connectivity index (χ2n) is 4.51. The molecule has 20 heavy (non-hydrogen) atoms. The molecule has 5 heteroatoms. The van der Waals surface area contributed by atoms with E-state index in [1.165, 1.54) is 6.07 Å². The summed E-state index contributed by atoms with van der Waals surface area (Å²) >= 11 is 11.2. The highest BCUT2D eigenvalue weighted by Gasteiger charge is 2.03. The van der Waals surface area contributed by atoms with Crippen LogP contribution in [0.2, 0.25) is 5.02 Å². The lowest BCUT2D eigenvalue weighted by Gasteiger charge is -2.12. The van der Waals surface area contributed by atoms with E-state index in [0.717, 1.165) is 11.3 Å². The van der Waals surface area contributed by atoms with Gasteiger partial charge in [-0.3, -0.25) is 0 Å². The maximum atomic E-state index is 13.4. The molecule has 0 spiro atoms. The van der Waals surface area contributed by atoms with Crippen LogP contribution in [0.15, 0.2) is 36.4 Å². The largest absolute Gasteiger partial charge is 0.332 e. The van der Waals surface area contributed by atoms with Crippen molar-refractivity contribution in [2.75, 3.05) is 10.6 Å². The van der Waals surface area contributed by atoms with Gasteiger partial charge in [-0.1, -0.05) is 23.7 Å². The molecule has 2 nitrogen and oxygen atoms in total. The van der Waals surface area contributed by atoms with E-state index in [9.17, 15) is 4.39 Å². The van der Waals surface area contributed by atoms with E-state index in [-0.39, 0.29) is 5.82 Å². The second kappa shape index (κ2) is 6.20. The van der Waals surface area contributed by atoms with Crippen molar-refractivity contribution in [3.05, 3.63) is 58.4 Å². The summed E-state index contributed by atoms with van der Waals surface area (Å²) in [6, 6.07) is 10.5. The second-order valence-corrected chi connectivity index (χ2v) is 5.32. The fourth-order valence-corrected chi connectivity index (χ4v) is 2.05. The molecule has 0 aliphatic rings. The Morgan fingerprint density at radius 1 is 1.00 bits per heavy atom. The van der Waals surface area contributed by atoms with E-state index in [1.807, 2.05) is 19.1 Å². The topological polar surface area (TPSA) is 24.1 Å². The molecule has 2 aromatic carbocycles. The number of halogens is 2. The third kappa shape index (κ3) is 3.68. The Morgan fingerprint density at radius 3 is 2.10 bits per heavy atom. The standard InChI is InChI=1S/C15H14ClFN2S/c1-9-3-5-11(7-13(9)16)18-15(20)19-12-6-4-10(2)14(17)8-12/h3-8H,1-2H3,(H2,18,19,20). The Bertz CT molecular complexity index is 603. The van der Waals surface area contributed by atoms with Crippen LogP contribution < -0.4 is 10.6 Å². The van der Waals surface area contributed by atoms with Crippen molar-refractivity contribution in [1.29, 1.82) is 0 Å². The van der Waals surface area contributed by atoms with Gasteiger partial charge in [0.25, 0.3) is 0 Å². The van der Waals surface area contributed by atoms with Gasteiger partial charge >= 0.3 is 0 Å². The summed E-state index contributed by atoms with van der Waals surface area (Å²) in [5.74, 6) is -0.267. The van der Waals surface area contributed by atoms with E-state index >= 15 is 0 Å². The van der Waals surface area contributed by atoms with Crippen LogP contribution >= 0.6 is 23.8 Å². The summed E-state index contributed by atoms with van der Waals surface area (Å²) < 4.78 is 13.4. The van der Waals surface area contributed by atoms with E-state index in [4.69, 9.17) is 23.8 Å². The summed E-state index contributed by atoms with van der Waals surface area (Å²) in [5, 5.41) is 6.98. The minimum Gasteiger partial charge on any atom is -0.332 e. The van der Waals surface area contributed by atoms with E-state index in [1.54, 1.807) is 25.1 Å². The fourth-order valence-electron chi connectivity index (χ4n) is 1.63. The number of hydrogen-bond acceptors (Lipinski definition) is 1. The lowest BCUT2D eigenvalue weighted by molar-refractivity contribution is 0.619. The summed E-state index contributed by atoms with van der Waals surface area (Å²) in [4.78, 5) is 0. The van der Waals surface area contributed by atoms with Gasteiger partial charge in [-0.2, -0.15) is 0 Å². The summed E-state index contributed by atoms with van der Waals surface area (Å²) in [5.41, 5.74) is 2.98. The lowest BCUT2D eigenvalue weighted by Crippen LogP contribution is -2.19. The van der Waals surface area contributed by atoms with Gasteiger partial charge < -0.3 is 10.6 Å². The van der Waals surface area contributed by atoms with E-state index in [0.29, 0.717) is 21.4 Å². The zero-order valence-electron chi connectivity index (χ0n) is 11.1. The molecule has 0 aliphatic heterocycles. The van der Waals surface area contributed by atoms with Crippen LogP contribution in [0.5, 0.6) is 0 Å². The van der Waals surface area contributed by atoms with Crippen LogP contribution in [-0.4, -0.2) is 5.11 Å². The Labute approximate surface area is 128 Å². The van der Waals surface area contributed by atoms with Crippen LogP contribution in [0.25, 0.3) is 0 Å². The molecular formula is C15H14ClFN2S. The number of rotatable bonds is 2. The predicted octanol–water partition coefficient (Wildman–Crippen LogP) is 4.90. The molecule has 0 aromatic heterocycles. The van der Waals surface area contributed by atoms with Gasteiger partial charge in [0.05, 0.1) is 0 Å². The average molecular weight is 309 g/mol. The summed E-state index contributed by atoms with van der Waals surface area (Å²) in [6.07, 6.45) is 0. The normalized spacial score (nSPS) is 10.2. The first-order valence-corrected chi connectivity index (χ1v) is 6.84.